The molecule has 1 saturated heterocycles. The van der Waals surface area contributed by atoms with Crippen molar-refractivity contribution in [3.8, 4) is 0 Å². The molecule has 25 heavy (non-hydrogen) atoms. The summed E-state index contributed by atoms with van der Waals surface area (Å²) in [6.07, 6.45) is 5.98. The molecule has 1 aliphatic rings. The van der Waals surface area contributed by atoms with Crippen LogP contribution >= 0.6 is 0 Å². The number of aryl methyl sites for hydroxylation is 2. The van der Waals surface area contributed by atoms with Crippen LogP contribution in [0, 0.1) is 13.8 Å². The molecule has 0 saturated carbocycles. The van der Waals surface area contributed by atoms with Gasteiger partial charge in [-0.2, -0.15) is 0 Å². The number of aromatic nitrogens is 4. The maximum atomic E-state index is 5.18. The summed E-state index contributed by atoms with van der Waals surface area (Å²) in [5.41, 5.74) is 2.91. The fourth-order valence-electron chi connectivity index (χ4n) is 3.23. The van der Waals surface area contributed by atoms with Gasteiger partial charge in [-0.05, 0) is 39.3 Å². The van der Waals surface area contributed by atoms with E-state index in [4.69, 9.17) is 4.74 Å². The third-order valence-electron chi connectivity index (χ3n) is 4.43. The highest BCUT2D eigenvalue weighted by Gasteiger charge is 2.22. The van der Waals surface area contributed by atoms with Gasteiger partial charge in [0.25, 0.3) is 0 Å². The van der Waals surface area contributed by atoms with Crippen LogP contribution in [0.4, 0.5) is 11.8 Å². The van der Waals surface area contributed by atoms with Crippen LogP contribution < -0.4 is 5.32 Å². The first kappa shape index (κ1) is 17.7. The molecule has 0 aliphatic carbocycles. The molecule has 3 heterocycles. The van der Waals surface area contributed by atoms with E-state index < -0.39 is 0 Å². The number of piperidine rings is 1. The molecule has 3 rings (SSSR count). The van der Waals surface area contributed by atoms with E-state index in [1.54, 1.807) is 13.3 Å². The van der Waals surface area contributed by atoms with E-state index in [0.29, 0.717) is 17.7 Å². The highest BCUT2D eigenvalue weighted by atomic mass is 16.5. The Hall–Kier alpha value is -2.12. The van der Waals surface area contributed by atoms with E-state index in [-0.39, 0.29) is 0 Å². The largest absolute Gasteiger partial charge is 0.383 e. The van der Waals surface area contributed by atoms with Crippen molar-refractivity contribution < 1.29 is 4.74 Å². The highest BCUT2D eigenvalue weighted by Crippen LogP contribution is 2.25. The minimum Gasteiger partial charge on any atom is -0.383 e. The molecule has 2 aromatic heterocycles. The Kier molecular flexibility index (Phi) is 5.88. The van der Waals surface area contributed by atoms with E-state index in [1.165, 1.54) is 6.42 Å². The van der Waals surface area contributed by atoms with E-state index in [9.17, 15) is 0 Å². The van der Waals surface area contributed by atoms with Crippen LogP contribution in [0.25, 0.3) is 0 Å². The predicted octanol–water partition coefficient (Wildman–Crippen LogP) is 2.45. The topological polar surface area (TPSA) is 76.1 Å². The lowest BCUT2D eigenvalue weighted by atomic mass is 9.95. The standard InChI is InChI=1S/C18H26N6O/c1-13-9-14(2)22-18(21-13)23-17-11-19-16(10-20-17)15-5-4-6-24(12-15)7-8-25-3/h9-11,15H,4-8,12H2,1-3H3,(H,20,21,22,23). The molecule has 7 nitrogen and oxygen atoms in total. The number of nitrogens with zero attached hydrogens (tertiary/aromatic N) is 5. The molecule has 1 aliphatic heterocycles. The van der Waals surface area contributed by atoms with Crippen molar-refractivity contribution in [2.24, 2.45) is 0 Å². The SMILES string of the molecule is COCCN1CCCC(c2cnc(Nc3nc(C)cc(C)n3)cn2)C1. The molecule has 134 valence electrons. The summed E-state index contributed by atoms with van der Waals surface area (Å²) in [4.78, 5) is 20.3. The third-order valence-corrected chi connectivity index (χ3v) is 4.43. The first-order valence-corrected chi connectivity index (χ1v) is 8.76. The summed E-state index contributed by atoms with van der Waals surface area (Å²) in [5.74, 6) is 1.66. The second kappa shape index (κ2) is 8.31. The van der Waals surface area contributed by atoms with Gasteiger partial charge in [0, 0.05) is 37.5 Å². The van der Waals surface area contributed by atoms with Gasteiger partial charge in [-0.25, -0.2) is 15.0 Å². The van der Waals surface area contributed by atoms with Gasteiger partial charge in [-0.3, -0.25) is 4.98 Å². The van der Waals surface area contributed by atoms with Crippen LogP contribution in [0.15, 0.2) is 18.5 Å². The zero-order chi connectivity index (χ0) is 17.6. The number of likely N-dealkylation sites (tertiary alicyclic amines) is 1. The van der Waals surface area contributed by atoms with Crippen LogP contribution in [0.1, 0.15) is 35.8 Å². The van der Waals surface area contributed by atoms with Crippen LogP contribution in [-0.2, 0) is 4.74 Å². The summed E-state index contributed by atoms with van der Waals surface area (Å²) >= 11 is 0. The third kappa shape index (κ3) is 4.93. The Morgan fingerprint density at radius 2 is 2.00 bits per heavy atom. The van der Waals surface area contributed by atoms with Gasteiger partial charge in [-0.1, -0.05) is 0 Å². The molecule has 1 atom stereocenters. The monoisotopic (exact) mass is 342 g/mol. The average molecular weight is 342 g/mol. The van der Waals surface area contributed by atoms with Crippen molar-refractivity contribution in [2.45, 2.75) is 32.6 Å². The van der Waals surface area contributed by atoms with Crippen LogP contribution in [-0.4, -0.2) is 58.2 Å². The van der Waals surface area contributed by atoms with Crippen LogP contribution in [0.2, 0.25) is 0 Å². The fraction of sp³-hybridized carbons (Fsp3) is 0.556. The van der Waals surface area contributed by atoms with Crippen molar-refractivity contribution in [1.82, 2.24) is 24.8 Å². The second-order valence-electron chi connectivity index (χ2n) is 6.56. The summed E-state index contributed by atoms with van der Waals surface area (Å²) in [7, 11) is 1.75. The molecule has 0 radical (unpaired) electrons. The molecule has 0 bridgehead atoms. The minimum atomic E-state index is 0.435. The summed E-state index contributed by atoms with van der Waals surface area (Å²) in [5, 5.41) is 3.13. The lowest BCUT2D eigenvalue weighted by Crippen LogP contribution is -2.36. The molecule has 2 aromatic rings. The first-order valence-electron chi connectivity index (χ1n) is 8.76. The maximum absolute atomic E-state index is 5.18. The van der Waals surface area contributed by atoms with Gasteiger partial charge in [0.1, 0.15) is 0 Å². The number of hydrogen-bond acceptors (Lipinski definition) is 7. The molecule has 0 aromatic carbocycles. The molecule has 7 heteroatoms. The van der Waals surface area contributed by atoms with E-state index >= 15 is 0 Å². The number of methoxy groups -OCH3 is 1. The fourth-order valence-corrected chi connectivity index (χ4v) is 3.23. The zero-order valence-electron chi connectivity index (χ0n) is 15.2. The quantitative estimate of drug-likeness (QED) is 0.864. The first-order chi connectivity index (χ1) is 12.1. The Morgan fingerprint density at radius 3 is 2.68 bits per heavy atom. The van der Waals surface area contributed by atoms with Gasteiger partial charge in [0.2, 0.25) is 5.95 Å². The zero-order valence-corrected chi connectivity index (χ0v) is 15.2. The van der Waals surface area contributed by atoms with E-state index in [1.807, 2.05) is 26.1 Å². The highest BCUT2D eigenvalue weighted by molar-refractivity contribution is 5.46. The van der Waals surface area contributed by atoms with Crippen molar-refractivity contribution in [2.75, 3.05) is 38.7 Å². The van der Waals surface area contributed by atoms with Gasteiger partial charge in [0.05, 0.1) is 24.7 Å². The average Bonchev–Trinajstić information content (AvgIpc) is 2.60. The number of rotatable bonds is 6. The lowest BCUT2D eigenvalue weighted by molar-refractivity contribution is 0.127. The molecule has 0 spiro atoms. The Labute approximate surface area is 148 Å². The van der Waals surface area contributed by atoms with Gasteiger partial charge < -0.3 is 15.0 Å². The molecular weight excluding hydrogens is 316 g/mol. The number of nitrogens with one attached hydrogen (secondary N) is 1. The van der Waals surface area contributed by atoms with Gasteiger partial charge in [0.15, 0.2) is 5.82 Å². The minimum absolute atomic E-state index is 0.435. The molecule has 0 amide bonds. The van der Waals surface area contributed by atoms with Gasteiger partial charge in [-0.15, -0.1) is 0 Å². The Bertz CT molecular complexity index is 670. The van der Waals surface area contributed by atoms with Crippen molar-refractivity contribution in [1.29, 1.82) is 0 Å². The Morgan fingerprint density at radius 1 is 1.20 bits per heavy atom. The molecule has 1 fully saturated rings. The predicted molar refractivity (Wildman–Crippen MR) is 97.1 cm³/mol. The second-order valence-corrected chi connectivity index (χ2v) is 6.56. The van der Waals surface area contributed by atoms with Gasteiger partial charge >= 0.3 is 0 Å². The number of hydrogen-bond donors (Lipinski definition) is 1. The molecule has 1 unspecified atom stereocenters. The van der Waals surface area contributed by atoms with Crippen molar-refractivity contribution in [3.05, 3.63) is 35.5 Å². The van der Waals surface area contributed by atoms with Crippen molar-refractivity contribution in [3.63, 3.8) is 0 Å². The number of ether oxygens (including phenoxy) is 1. The van der Waals surface area contributed by atoms with Crippen LogP contribution in [0.5, 0.6) is 0 Å². The Balaban J connectivity index is 1.63. The summed E-state index contributed by atoms with van der Waals surface area (Å²) < 4.78 is 5.18. The molecular formula is C18H26N6O. The maximum Gasteiger partial charge on any atom is 0.228 e. The normalized spacial score (nSPS) is 18.3. The van der Waals surface area contributed by atoms with Crippen molar-refractivity contribution >= 4 is 11.8 Å². The smallest absolute Gasteiger partial charge is 0.228 e. The van der Waals surface area contributed by atoms with E-state index in [0.717, 1.165) is 49.7 Å². The summed E-state index contributed by atoms with van der Waals surface area (Å²) in [6, 6.07) is 1.94. The van der Waals surface area contributed by atoms with Crippen LogP contribution in [0.3, 0.4) is 0 Å². The van der Waals surface area contributed by atoms with E-state index in [2.05, 4.69) is 30.2 Å². The number of anilines is 2. The molecule has 1 N–H and O–H groups in total. The summed E-state index contributed by atoms with van der Waals surface area (Å²) in [6.45, 7) is 7.81. The lowest BCUT2D eigenvalue weighted by Gasteiger charge is -2.32.